The van der Waals surface area contributed by atoms with Crippen LogP contribution in [0.25, 0.3) is 0 Å². The van der Waals surface area contributed by atoms with Crippen LogP contribution in [0, 0.1) is 12.7 Å². The fraction of sp³-hybridized carbons (Fsp3) is 0.200. The maximum atomic E-state index is 13.8. The van der Waals surface area contributed by atoms with Gasteiger partial charge in [0.05, 0.1) is 12.8 Å². The maximum absolute atomic E-state index is 13.8. The van der Waals surface area contributed by atoms with Gasteiger partial charge in [0.25, 0.3) is 0 Å². The van der Waals surface area contributed by atoms with Crippen molar-refractivity contribution in [3.63, 3.8) is 0 Å². The van der Waals surface area contributed by atoms with Crippen molar-refractivity contribution >= 4 is 12.0 Å². The zero-order chi connectivity index (χ0) is 20.6. The number of hydrogen-bond donors (Lipinski definition) is 2. The Balaban J connectivity index is 1.72. The molecule has 1 heterocycles. The molecule has 3 rings (SSSR count). The van der Waals surface area contributed by atoms with E-state index in [0.717, 1.165) is 5.56 Å². The number of hydrazone groups is 1. The van der Waals surface area contributed by atoms with Crippen LogP contribution in [-0.2, 0) is 6.61 Å². The standard InChI is InChI=1S/C20H20FN5O3/c1-3-28-18-10-14(11-22-25-19-13(2)24-26-20(27)23-19)8-9-17(18)29-12-15-6-4-5-7-16(15)21/h4-11H,3,12H2,1-2H3,(H2,23,25,26,27). The van der Waals surface area contributed by atoms with Crippen molar-refractivity contribution in [1.29, 1.82) is 0 Å². The average Bonchev–Trinajstić information content (AvgIpc) is 2.71. The number of halogens is 1. The van der Waals surface area contributed by atoms with E-state index in [9.17, 15) is 9.18 Å². The molecule has 0 unspecified atom stereocenters. The highest BCUT2D eigenvalue weighted by atomic mass is 19.1. The first kappa shape index (κ1) is 20.0. The van der Waals surface area contributed by atoms with Gasteiger partial charge in [0.1, 0.15) is 18.1 Å². The van der Waals surface area contributed by atoms with E-state index in [0.29, 0.717) is 29.4 Å². The largest absolute Gasteiger partial charge is 0.490 e. The van der Waals surface area contributed by atoms with Crippen molar-refractivity contribution in [1.82, 2.24) is 15.2 Å². The maximum Gasteiger partial charge on any atom is 0.363 e. The molecule has 0 bridgehead atoms. The molecule has 0 saturated carbocycles. The Labute approximate surface area is 166 Å². The Kier molecular flexibility index (Phi) is 6.51. The number of anilines is 1. The second-order valence-corrected chi connectivity index (χ2v) is 5.96. The van der Waals surface area contributed by atoms with E-state index in [-0.39, 0.29) is 18.2 Å². The summed E-state index contributed by atoms with van der Waals surface area (Å²) in [4.78, 5) is 15.0. The van der Waals surface area contributed by atoms with Crippen molar-refractivity contribution in [3.8, 4) is 11.5 Å². The molecule has 0 atom stereocenters. The monoisotopic (exact) mass is 397 g/mol. The van der Waals surface area contributed by atoms with Crippen molar-refractivity contribution in [2.45, 2.75) is 20.5 Å². The second kappa shape index (κ2) is 9.45. The molecule has 0 fully saturated rings. The van der Waals surface area contributed by atoms with Gasteiger partial charge in [-0.3, -0.25) is 5.43 Å². The Morgan fingerprint density at radius 3 is 2.83 bits per heavy atom. The molecule has 9 heteroatoms. The minimum atomic E-state index is -0.566. The summed E-state index contributed by atoms with van der Waals surface area (Å²) < 4.78 is 25.1. The van der Waals surface area contributed by atoms with E-state index in [1.54, 1.807) is 49.5 Å². The molecule has 2 aromatic carbocycles. The normalized spacial score (nSPS) is 10.9. The molecular formula is C20H20FN5O3. The summed E-state index contributed by atoms with van der Waals surface area (Å²) in [6.07, 6.45) is 1.55. The second-order valence-electron chi connectivity index (χ2n) is 5.96. The number of aromatic amines is 1. The average molecular weight is 397 g/mol. The number of rotatable bonds is 8. The van der Waals surface area contributed by atoms with Crippen LogP contribution in [0.5, 0.6) is 11.5 Å². The summed E-state index contributed by atoms with van der Waals surface area (Å²) in [7, 11) is 0. The molecule has 0 aliphatic carbocycles. The van der Waals surface area contributed by atoms with Crippen LogP contribution < -0.4 is 20.6 Å². The summed E-state index contributed by atoms with van der Waals surface area (Å²) in [5.41, 5.74) is 3.81. The zero-order valence-electron chi connectivity index (χ0n) is 16.0. The number of aryl methyl sites for hydroxylation is 1. The van der Waals surface area contributed by atoms with E-state index in [1.165, 1.54) is 6.07 Å². The number of ether oxygens (including phenoxy) is 2. The summed E-state index contributed by atoms with van der Waals surface area (Å²) in [5.74, 6) is 0.953. The van der Waals surface area contributed by atoms with Crippen molar-refractivity contribution in [2.75, 3.05) is 12.0 Å². The smallest absolute Gasteiger partial charge is 0.363 e. The number of nitrogens with one attached hydrogen (secondary N) is 2. The third-order valence-electron chi connectivity index (χ3n) is 3.87. The summed E-state index contributed by atoms with van der Waals surface area (Å²) in [6, 6.07) is 11.7. The Morgan fingerprint density at radius 2 is 2.03 bits per heavy atom. The first-order valence-corrected chi connectivity index (χ1v) is 8.92. The number of hydrogen-bond acceptors (Lipinski definition) is 7. The molecule has 3 aromatic rings. The molecule has 0 amide bonds. The molecule has 2 N–H and O–H groups in total. The lowest BCUT2D eigenvalue weighted by Crippen LogP contribution is -2.15. The van der Waals surface area contributed by atoms with E-state index < -0.39 is 5.69 Å². The highest BCUT2D eigenvalue weighted by Crippen LogP contribution is 2.29. The fourth-order valence-corrected chi connectivity index (χ4v) is 2.43. The number of benzene rings is 2. The molecule has 150 valence electrons. The highest BCUT2D eigenvalue weighted by molar-refractivity contribution is 5.81. The van der Waals surface area contributed by atoms with Crippen LogP contribution in [0.15, 0.2) is 52.4 Å². The van der Waals surface area contributed by atoms with Crippen molar-refractivity contribution < 1.29 is 13.9 Å². The minimum absolute atomic E-state index is 0.0856. The molecule has 0 radical (unpaired) electrons. The zero-order valence-corrected chi connectivity index (χ0v) is 16.0. The summed E-state index contributed by atoms with van der Waals surface area (Å²) in [6.45, 7) is 4.08. The Morgan fingerprint density at radius 1 is 1.21 bits per heavy atom. The molecular weight excluding hydrogens is 377 g/mol. The van der Waals surface area contributed by atoms with Crippen LogP contribution in [-0.4, -0.2) is 28.0 Å². The lowest BCUT2D eigenvalue weighted by Gasteiger charge is -2.13. The molecule has 0 aliphatic heterocycles. The molecule has 29 heavy (non-hydrogen) atoms. The van der Waals surface area contributed by atoms with Crippen LogP contribution in [0.4, 0.5) is 10.2 Å². The lowest BCUT2D eigenvalue weighted by molar-refractivity contribution is 0.266. The molecule has 0 aliphatic rings. The van der Waals surface area contributed by atoms with Crippen molar-refractivity contribution in [3.05, 3.63) is 75.6 Å². The Hall–Kier alpha value is -3.75. The van der Waals surface area contributed by atoms with E-state index in [2.05, 4.69) is 25.7 Å². The van der Waals surface area contributed by atoms with Gasteiger partial charge in [-0.05, 0) is 43.7 Å². The molecule has 8 nitrogen and oxygen atoms in total. The molecule has 0 spiro atoms. The Bertz CT molecular complexity index is 1070. The van der Waals surface area contributed by atoms with Gasteiger partial charge in [-0.15, -0.1) is 0 Å². The number of H-pyrrole nitrogens is 1. The number of aromatic nitrogens is 3. The molecule has 0 saturated heterocycles. The third kappa shape index (κ3) is 5.38. The summed E-state index contributed by atoms with van der Waals surface area (Å²) in [5, 5.41) is 10.1. The predicted octanol–water partition coefficient (Wildman–Crippen LogP) is 3.04. The van der Waals surface area contributed by atoms with E-state index in [4.69, 9.17) is 9.47 Å². The van der Waals surface area contributed by atoms with Crippen LogP contribution in [0.2, 0.25) is 0 Å². The first-order valence-electron chi connectivity index (χ1n) is 8.92. The van der Waals surface area contributed by atoms with Crippen molar-refractivity contribution in [2.24, 2.45) is 5.10 Å². The van der Waals surface area contributed by atoms with Gasteiger partial charge in [0.15, 0.2) is 17.3 Å². The minimum Gasteiger partial charge on any atom is -0.490 e. The highest BCUT2D eigenvalue weighted by Gasteiger charge is 2.08. The topological polar surface area (TPSA) is 101 Å². The van der Waals surface area contributed by atoms with Gasteiger partial charge in [0.2, 0.25) is 0 Å². The van der Waals surface area contributed by atoms with Gasteiger partial charge < -0.3 is 9.47 Å². The van der Waals surface area contributed by atoms with Gasteiger partial charge in [-0.2, -0.15) is 15.2 Å². The van der Waals surface area contributed by atoms with Crippen LogP contribution in [0.3, 0.4) is 0 Å². The van der Waals surface area contributed by atoms with Crippen LogP contribution >= 0.6 is 0 Å². The first-order chi connectivity index (χ1) is 14.1. The lowest BCUT2D eigenvalue weighted by atomic mass is 10.2. The van der Waals surface area contributed by atoms with Crippen LogP contribution in [0.1, 0.15) is 23.7 Å². The predicted molar refractivity (Wildman–Crippen MR) is 107 cm³/mol. The fourth-order valence-electron chi connectivity index (χ4n) is 2.43. The molecule has 1 aromatic heterocycles. The van der Waals surface area contributed by atoms with Gasteiger partial charge in [0, 0.05) is 5.56 Å². The van der Waals surface area contributed by atoms with E-state index in [1.807, 2.05) is 6.92 Å². The van der Waals surface area contributed by atoms with Gasteiger partial charge >= 0.3 is 5.69 Å². The van der Waals surface area contributed by atoms with Gasteiger partial charge in [-0.25, -0.2) is 14.3 Å². The van der Waals surface area contributed by atoms with Gasteiger partial charge in [-0.1, -0.05) is 18.2 Å². The number of nitrogens with zero attached hydrogens (tertiary/aromatic N) is 3. The summed E-state index contributed by atoms with van der Waals surface area (Å²) >= 11 is 0. The SMILES string of the molecule is CCOc1cc(C=NNc2nc(=O)[nH]nc2C)ccc1OCc1ccccc1F. The van der Waals surface area contributed by atoms with E-state index >= 15 is 0 Å². The quantitative estimate of drug-likeness (QED) is 0.448. The third-order valence-corrected chi connectivity index (χ3v) is 3.87.